The molecule has 5 nitrogen and oxygen atoms in total. The van der Waals surface area contributed by atoms with Crippen LogP contribution in [0.1, 0.15) is 5.56 Å². The van der Waals surface area contributed by atoms with Gasteiger partial charge in [-0.25, -0.2) is 0 Å². The maximum Gasteiger partial charge on any atom is 0.197 e. The average Bonchev–Trinajstić information content (AvgIpc) is 2.52. The number of aromatic hydroxyl groups is 2. The Morgan fingerprint density at radius 2 is 1.86 bits per heavy atom. The third-order valence-corrected chi connectivity index (χ3v) is 3.59. The predicted octanol–water partition coefficient (Wildman–Crippen LogP) is 3.19. The predicted molar refractivity (Wildman–Crippen MR) is 82.5 cm³/mol. The van der Waals surface area contributed by atoms with Crippen LogP contribution in [0.2, 0.25) is 0 Å². The lowest BCUT2D eigenvalue weighted by atomic mass is 10.1. The van der Waals surface area contributed by atoms with Crippen LogP contribution in [0.4, 0.5) is 0 Å². The van der Waals surface area contributed by atoms with Crippen molar-refractivity contribution in [3.05, 3.63) is 52.2 Å². The van der Waals surface area contributed by atoms with Gasteiger partial charge in [-0.3, -0.25) is 4.79 Å². The molecule has 0 amide bonds. The zero-order chi connectivity index (χ0) is 15.9. The quantitative estimate of drug-likeness (QED) is 0.759. The Bertz CT molecular complexity index is 924. The number of fused-ring (bicyclic) bond motifs is 1. The van der Waals surface area contributed by atoms with E-state index in [9.17, 15) is 15.0 Å². The Morgan fingerprint density at radius 3 is 2.59 bits per heavy atom. The zero-order valence-electron chi connectivity index (χ0n) is 12.1. The summed E-state index contributed by atoms with van der Waals surface area (Å²) in [7, 11) is 1.53. The Balaban J connectivity index is 2.35. The topological polar surface area (TPSA) is 79.9 Å². The highest BCUT2D eigenvalue weighted by molar-refractivity contribution is 5.88. The summed E-state index contributed by atoms with van der Waals surface area (Å²) < 4.78 is 10.9. The molecule has 3 aromatic rings. The van der Waals surface area contributed by atoms with Crippen molar-refractivity contribution < 1.29 is 19.4 Å². The van der Waals surface area contributed by atoms with E-state index in [1.54, 1.807) is 18.2 Å². The third kappa shape index (κ3) is 2.07. The van der Waals surface area contributed by atoms with E-state index < -0.39 is 0 Å². The van der Waals surface area contributed by atoms with Gasteiger partial charge >= 0.3 is 0 Å². The van der Waals surface area contributed by atoms with Crippen LogP contribution in [0, 0.1) is 6.92 Å². The maximum atomic E-state index is 12.3. The van der Waals surface area contributed by atoms with Gasteiger partial charge in [-0.15, -0.1) is 0 Å². The second-order valence-electron chi connectivity index (χ2n) is 4.92. The number of hydrogen-bond acceptors (Lipinski definition) is 5. The maximum absolute atomic E-state index is 12.3. The van der Waals surface area contributed by atoms with Crippen molar-refractivity contribution in [1.29, 1.82) is 0 Å². The fraction of sp³-hybridized carbons (Fsp3) is 0.118. The summed E-state index contributed by atoms with van der Waals surface area (Å²) in [6.45, 7) is 1.53. The highest BCUT2D eigenvalue weighted by atomic mass is 16.5. The molecule has 0 radical (unpaired) electrons. The van der Waals surface area contributed by atoms with E-state index in [1.807, 2.05) is 6.07 Å². The van der Waals surface area contributed by atoms with Crippen molar-refractivity contribution in [2.24, 2.45) is 0 Å². The number of methoxy groups -OCH3 is 1. The highest BCUT2D eigenvalue weighted by Gasteiger charge is 2.16. The highest BCUT2D eigenvalue weighted by Crippen LogP contribution is 2.36. The summed E-state index contributed by atoms with van der Waals surface area (Å²) in [5, 5.41) is 19.9. The van der Waals surface area contributed by atoms with Crippen LogP contribution in [0.15, 0.2) is 45.6 Å². The number of benzene rings is 2. The van der Waals surface area contributed by atoms with Gasteiger partial charge in [-0.2, -0.15) is 0 Å². The van der Waals surface area contributed by atoms with Gasteiger partial charge in [0.25, 0.3) is 0 Å². The molecule has 0 unspecified atom stereocenters. The van der Waals surface area contributed by atoms with Gasteiger partial charge in [-0.05, 0) is 19.1 Å². The van der Waals surface area contributed by atoms with Crippen LogP contribution in [-0.2, 0) is 0 Å². The summed E-state index contributed by atoms with van der Waals surface area (Å²) >= 11 is 0. The van der Waals surface area contributed by atoms with Gasteiger partial charge in [0.2, 0.25) is 0 Å². The second-order valence-corrected chi connectivity index (χ2v) is 4.92. The van der Waals surface area contributed by atoms with E-state index in [2.05, 4.69) is 0 Å². The minimum absolute atomic E-state index is 0.0500. The third-order valence-electron chi connectivity index (χ3n) is 3.59. The molecule has 0 bridgehead atoms. The summed E-state index contributed by atoms with van der Waals surface area (Å²) in [5.41, 5.74) is 0.588. The van der Waals surface area contributed by atoms with E-state index >= 15 is 0 Å². The van der Waals surface area contributed by atoms with E-state index in [1.165, 1.54) is 26.2 Å². The smallest absolute Gasteiger partial charge is 0.197 e. The second kappa shape index (κ2) is 5.11. The molecule has 2 aromatic carbocycles. The molecule has 0 aliphatic heterocycles. The SMILES string of the molecule is COc1ccccc1-c1cc(=O)c2c(O)c(C)c(O)cc2o1. The number of ether oxygens (including phenoxy) is 1. The van der Waals surface area contributed by atoms with E-state index in [0.717, 1.165) is 0 Å². The van der Waals surface area contributed by atoms with Crippen LogP contribution in [0.25, 0.3) is 22.3 Å². The first kappa shape index (κ1) is 14.0. The van der Waals surface area contributed by atoms with Crippen LogP contribution in [0.3, 0.4) is 0 Å². The van der Waals surface area contributed by atoms with Crippen LogP contribution >= 0.6 is 0 Å². The van der Waals surface area contributed by atoms with Crippen molar-refractivity contribution >= 4 is 11.0 Å². The summed E-state index contributed by atoms with van der Waals surface area (Å²) in [4.78, 5) is 12.3. The van der Waals surface area contributed by atoms with Gasteiger partial charge in [-0.1, -0.05) is 12.1 Å². The summed E-state index contributed by atoms with van der Waals surface area (Å²) in [6, 6.07) is 9.75. The number of phenols is 2. The fourth-order valence-corrected chi connectivity index (χ4v) is 2.37. The van der Waals surface area contributed by atoms with Gasteiger partial charge in [0, 0.05) is 17.7 Å². The molecular weight excluding hydrogens is 284 g/mol. The lowest BCUT2D eigenvalue weighted by Crippen LogP contribution is -2.02. The molecule has 5 heteroatoms. The molecule has 0 atom stereocenters. The molecule has 0 aliphatic carbocycles. The first-order chi connectivity index (χ1) is 10.5. The van der Waals surface area contributed by atoms with E-state index in [0.29, 0.717) is 17.1 Å². The molecule has 0 aliphatic rings. The Kier molecular flexibility index (Phi) is 3.25. The van der Waals surface area contributed by atoms with E-state index in [4.69, 9.17) is 9.15 Å². The molecule has 3 rings (SSSR count). The standard InChI is InChI=1S/C17H14O5/c1-9-11(18)7-15-16(17(9)20)12(19)8-14(22-15)10-5-3-4-6-13(10)21-2/h3-8,18,20H,1-2H3. The van der Waals surface area contributed by atoms with Crippen LogP contribution in [-0.4, -0.2) is 17.3 Å². The Hall–Kier alpha value is -2.95. The molecule has 1 aromatic heterocycles. The molecule has 22 heavy (non-hydrogen) atoms. The average molecular weight is 298 g/mol. The summed E-state index contributed by atoms with van der Waals surface area (Å²) in [6.07, 6.45) is 0. The van der Waals surface area contributed by atoms with Gasteiger partial charge in [0.15, 0.2) is 5.43 Å². The molecular formula is C17H14O5. The van der Waals surface area contributed by atoms with Crippen molar-refractivity contribution in [1.82, 2.24) is 0 Å². The van der Waals surface area contributed by atoms with Crippen molar-refractivity contribution in [3.63, 3.8) is 0 Å². The first-order valence-corrected chi connectivity index (χ1v) is 6.65. The Labute approximate surface area is 126 Å². The van der Waals surface area contributed by atoms with Crippen LogP contribution < -0.4 is 10.2 Å². The van der Waals surface area contributed by atoms with Crippen molar-refractivity contribution in [2.75, 3.05) is 7.11 Å². The van der Waals surface area contributed by atoms with Crippen LogP contribution in [0.5, 0.6) is 17.2 Å². The lowest BCUT2D eigenvalue weighted by Gasteiger charge is -2.10. The molecule has 2 N–H and O–H groups in total. The number of para-hydroxylation sites is 1. The zero-order valence-corrected chi connectivity index (χ0v) is 12.1. The van der Waals surface area contributed by atoms with Crippen molar-refractivity contribution in [3.8, 4) is 28.6 Å². The largest absolute Gasteiger partial charge is 0.507 e. The fourth-order valence-electron chi connectivity index (χ4n) is 2.37. The van der Waals surface area contributed by atoms with Gasteiger partial charge in [0.1, 0.15) is 34.0 Å². The number of rotatable bonds is 2. The molecule has 1 heterocycles. The summed E-state index contributed by atoms with van der Waals surface area (Å²) in [5.74, 6) is 0.462. The number of hydrogen-bond donors (Lipinski definition) is 2. The van der Waals surface area contributed by atoms with Gasteiger partial charge < -0.3 is 19.4 Å². The minimum Gasteiger partial charge on any atom is -0.507 e. The number of phenolic OH excluding ortho intramolecular Hbond substituents is 2. The first-order valence-electron chi connectivity index (χ1n) is 6.65. The molecule has 0 saturated carbocycles. The molecule has 0 spiro atoms. The normalized spacial score (nSPS) is 10.8. The minimum atomic E-state index is -0.386. The lowest BCUT2D eigenvalue weighted by molar-refractivity contribution is 0.415. The van der Waals surface area contributed by atoms with Crippen molar-refractivity contribution in [2.45, 2.75) is 6.92 Å². The molecule has 0 saturated heterocycles. The van der Waals surface area contributed by atoms with E-state index in [-0.39, 0.29) is 33.5 Å². The molecule has 0 fully saturated rings. The Morgan fingerprint density at radius 1 is 1.14 bits per heavy atom. The monoisotopic (exact) mass is 298 g/mol. The van der Waals surface area contributed by atoms with Gasteiger partial charge in [0.05, 0.1) is 12.7 Å². The molecule has 112 valence electrons.